The average Bonchev–Trinajstić information content (AvgIpc) is 3.38. The minimum Gasteiger partial charge on any atom is -0.465 e. The SMILES string of the molecule is COC(=O)c1c(NC(=O)CSc2nnc(-c3ccccc3F)n2-c2ccc(C)cc2)sc(C)c1C. The van der Waals surface area contributed by atoms with Crippen molar-refractivity contribution in [2.24, 2.45) is 0 Å². The third-order valence-corrected chi connectivity index (χ3v) is 7.45. The first-order valence-corrected chi connectivity index (χ1v) is 12.5. The molecule has 0 fully saturated rings. The molecule has 1 amide bonds. The molecular formula is C25H23FN4O3S2. The van der Waals surface area contributed by atoms with Crippen LogP contribution in [-0.2, 0) is 9.53 Å². The van der Waals surface area contributed by atoms with Crippen molar-refractivity contribution in [3.05, 3.63) is 75.9 Å². The lowest BCUT2D eigenvalue weighted by atomic mass is 10.1. The van der Waals surface area contributed by atoms with Gasteiger partial charge in [-0.25, -0.2) is 9.18 Å². The number of hydrogen-bond acceptors (Lipinski definition) is 7. The molecule has 0 bridgehead atoms. The Morgan fingerprint density at radius 3 is 2.49 bits per heavy atom. The molecule has 35 heavy (non-hydrogen) atoms. The highest BCUT2D eigenvalue weighted by Crippen LogP contribution is 2.34. The molecule has 0 aliphatic heterocycles. The van der Waals surface area contributed by atoms with Crippen molar-refractivity contribution in [2.45, 2.75) is 25.9 Å². The fraction of sp³-hybridized carbons (Fsp3) is 0.200. The Morgan fingerprint density at radius 2 is 1.80 bits per heavy atom. The normalized spacial score (nSPS) is 10.9. The highest BCUT2D eigenvalue weighted by molar-refractivity contribution is 7.99. The Labute approximate surface area is 210 Å². The van der Waals surface area contributed by atoms with Crippen molar-refractivity contribution in [2.75, 3.05) is 18.2 Å². The summed E-state index contributed by atoms with van der Waals surface area (Å²) in [4.78, 5) is 25.9. The van der Waals surface area contributed by atoms with Crippen molar-refractivity contribution in [1.82, 2.24) is 14.8 Å². The molecule has 0 saturated heterocycles. The molecular weight excluding hydrogens is 487 g/mol. The smallest absolute Gasteiger partial charge is 0.341 e. The quantitative estimate of drug-likeness (QED) is 0.258. The van der Waals surface area contributed by atoms with Crippen molar-refractivity contribution in [3.8, 4) is 17.1 Å². The van der Waals surface area contributed by atoms with E-state index in [1.807, 2.05) is 45.0 Å². The Kier molecular flexibility index (Phi) is 7.32. The number of methoxy groups -OCH3 is 1. The second kappa shape index (κ2) is 10.4. The van der Waals surface area contributed by atoms with E-state index in [-0.39, 0.29) is 11.7 Å². The molecule has 0 radical (unpaired) electrons. The molecule has 2 heterocycles. The van der Waals surface area contributed by atoms with E-state index in [0.717, 1.165) is 21.7 Å². The maximum atomic E-state index is 14.6. The summed E-state index contributed by atoms with van der Waals surface area (Å²) in [7, 11) is 1.31. The summed E-state index contributed by atoms with van der Waals surface area (Å²) < 4.78 is 21.2. The van der Waals surface area contributed by atoms with E-state index in [0.29, 0.717) is 27.1 Å². The number of thioether (sulfide) groups is 1. The number of rotatable bonds is 7. The number of amides is 1. The van der Waals surface area contributed by atoms with Crippen molar-refractivity contribution in [3.63, 3.8) is 0 Å². The van der Waals surface area contributed by atoms with Gasteiger partial charge in [0.2, 0.25) is 5.91 Å². The summed E-state index contributed by atoms with van der Waals surface area (Å²) in [6, 6.07) is 14.0. The van der Waals surface area contributed by atoms with Gasteiger partial charge in [-0.3, -0.25) is 9.36 Å². The number of anilines is 1. The number of nitrogens with one attached hydrogen (secondary N) is 1. The van der Waals surface area contributed by atoms with Gasteiger partial charge in [-0.15, -0.1) is 21.5 Å². The molecule has 2 aromatic carbocycles. The molecule has 180 valence electrons. The van der Waals surface area contributed by atoms with Crippen LogP contribution in [0, 0.1) is 26.6 Å². The number of ether oxygens (including phenoxy) is 1. The van der Waals surface area contributed by atoms with Gasteiger partial charge in [-0.2, -0.15) is 0 Å². The monoisotopic (exact) mass is 510 g/mol. The predicted molar refractivity (Wildman–Crippen MR) is 136 cm³/mol. The van der Waals surface area contributed by atoms with Crippen LogP contribution in [0.4, 0.5) is 9.39 Å². The first kappa shape index (κ1) is 24.6. The van der Waals surface area contributed by atoms with Gasteiger partial charge in [-0.05, 0) is 50.6 Å². The Balaban J connectivity index is 1.61. The van der Waals surface area contributed by atoms with Gasteiger partial charge in [0.25, 0.3) is 0 Å². The van der Waals surface area contributed by atoms with Crippen molar-refractivity contribution < 1.29 is 18.7 Å². The van der Waals surface area contributed by atoms with Gasteiger partial charge in [0.05, 0.1) is 24.0 Å². The van der Waals surface area contributed by atoms with Crippen molar-refractivity contribution in [1.29, 1.82) is 0 Å². The van der Waals surface area contributed by atoms with Gasteiger partial charge in [0.15, 0.2) is 11.0 Å². The molecule has 4 rings (SSSR count). The van der Waals surface area contributed by atoms with Gasteiger partial charge >= 0.3 is 5.97 Å². The van der Waals surface area contributed by atoms with Gasteiger partial charge in [-0.1, -0.05) is 41.6 Å². The molecule has 0 saturated carbocycles. The summed E-state index contributed by atoms with van der Waals surface area (Å²) in [5.41, 5.74) is 3.27. The summed E-state index contributed by atoms with van der Waals surface area (Å²) in [5, 5.41) is 12.2. The number of esters is 1. The summed E-state index contributed by atoms with van der Waals surface area (Å²) in [6.07, 6.45) is 0. The minimum absolute atomic E-state index is 0.0118. The lowest BCUT2D eigenvalue weighted by Crippen LogP contribution is -2.16. The molecule has 4 aromatic rings. The van der Waals surface area contributed by atoms with Crippen LogP contribution in [0.5, 0.6) is 0 Å². The number of aromatic nitrogens is 3. The lowest BCUT2D eigenvalue weighted by Gasteiger charge is -2.11. The van der Waals surface area contributed by atoms with Crippen LogP contribution in [-0.4, -0.2) is 39.5 Å². The van der Waals surface area contributed by atoms with Crippen LogP contribution < -0.4 is 5.32 Å². The first-order chi connectivity index (χ1) is 16.8. The van der Waals surface area contributed by atoms with Gasteiger partial charge < -0.3 is 10.1 Å². The van der Waals surface area contributed by atoms with Crippen LogP contribution in [0.1, 0.15) is 26.4 Å². The van der Waals surface area contributed by atoms with Gasteiger partial charge in [0.1, 0.15) is 10.8 Å². The van der Waals surface area contributed by atoms with E-state index in [1.54, 1.807) is 22.8 Å². The topological polar surface area (TPSA) is 86.1 Å². The molecule has 7 nitrogen and oxygen atoms in total. The maximum absolute atomic E-state index is 14.6. The Morgan fingerprint density at radius 1 is 1.09 bits per heavy atom. The molecule has 0 unspecified atom stereocenters. The molecule has 1 N–H and O–H groups in total. The van der Waals surface area contributed by atoms with E-state index >= 15 is 0 Å². The number of carbonyl (C=O) groups is 2. The number of carbonyl (C=O) groups excluding carboxylic acids is 2. The fourth-order valence-electron chi connectivity index (χ4n) is 3.46. The number of hydrogen-bond donors (Lipinski definition) is 1. The van der Waals surface area contributed by atoms with Crippen LogP contribution >= 0.6 is 23.1 Å². The third kappa shape index (κ3) is 5.13. The number of thiophene rings is 1. The van der Waals surface area contributed by atoms with Crippen LogP contribution in [0.15, 0.2) is 53.7 Å². The first-order valence-electron chi connectivity index (χ1n) is 10.7. The number of nitrogens with zero attached hydrogens (tertiary/aromatic N) is 3. The second-order valence-electron chi connectivity index (χ2n) is 7.77. The fourth-order valence-corrected chi connectivity index (χ4v) is 5.28. The molecule has 0 aliphatic carbocycles. The Bertz CT molecular complexity index is 1400. The highest BCUT2D eigenvalue weighted by atomic mass is 32.2. The third-order valence-electron chi connectivity index (χ3n) is 5.40. The standard InChI is InChI=1S/C25H23FN4O3S2/c1-14-9-11-17(12-10-14)30-22(18-7-5-6-8-19(18)26)28-29-25(30)34-13-20(31)27-23-21(24(32)33-4)15(2)16(3)35-23/h5-12H,13H2,1-4H3,(H,27,31). The molecule has 0 aliphatic rings. The zero-order valence-corrected chi connectivity index (χ0v) is 21.2. The summed E-state index contributed by atoms with van der Waals surface area (Å²) >= 11 is 2.49. The summed E-state index contributed by atoms with van der Waals surface area (Å²) in [5.74, 6) is -0.873. The van der Waals surface area contributed by atoms with E-state index in [9.17, 15) is 14.0 Å². The number of halogens is 1. The molecule has 0 atom stereocenters. The molecule has 10 heteroatoms. The average molecular weight is 511 g/mol. The zero-order valence-electron chi connectivity index (χ0n) is 19.6. The van der Waals surface area contributed by atoms with E-state index < -0.39 is 11.8 Å². The predicted octanol–water partition coefficient (Wildman–Crippen LogP) is 5.58. The largest absolute Gasteiger partial charge is 0.465 e. The Hall–Kier alpha value is -3.50. The van der Waals surface area contributed by atoms with Gasteiger partial charge in [0, 0.05) is 10.6 Å². The molecule has 0 spiro atoms. The van der Waals surface area contributed by atoms with Crippen LogP contribution in [0.3, 0.4) is 0 Å². The van der Waals surface area contributed by atoms with E-state index in [1.165, 1.54) is 36.3 Å². The maximum Gasteiger partial charge on any atom is 0.341 e. The van der Waals surface area contributed by atoms with Crippen molar-refractivity contribution >= 4 is 40.0 Å². The lowest BCUT2D eigenvalue weighted by molar-refractivity contribution is -0.113. The van der Waals surface area contributed by atoms with E-state index in [4.69, 9.17) is 4.74 Å². The highest BCUT2D eigenvalue weighted by Gasteiger charge is 2.23. The molecule has 2 aromatic heterocycles. The van der Waals surface area contributed by atoms with Crippen LogP contribution in [0.2, 0.25) is 0 Å². The summed E-state index contributed by atoms with van der Waals surface area (Å²) in [6.45, 7) is 5.67. The number of aryl methyl sites for hydroxylation is 2. The minimum atomic E-state index is -0.497. The number of benzene rings is 2. The zero-order chi connectivity index (χ0) is 25.1. The second-order valence-corrected chi connectivity index (χ2v) is 9.94. The van der Waals surface area contributed by atoms with Crippen LogP contribution in [0.25, 0.3) is 17.1 Å². The van der Waals surface area contributed by atoms with E-state index in [2.05, 4.69) is 15.5 Å².